The van der Waals surface area contributed by atoms with Gasteiger partial charge >= 0.3 is 6.85 Å². The van der Waals surface area contributed by atoms with Crippen molar-refractivity contribution in [3.8, 4) is 16.8 Å². The van der Waals surface area contributed by atoms with Gasteiger partial charge in [-0.15, -0.1) is 34.0 Å². The molecule has 0 saturated heterocycles. The van der Waals surface area contributed by atoms with E-state index in [-0.39, 0.29) is 39.3 Å². The molecule has 0 radical (unpaired) electrons. The summed E-state index contributed by atoms with van der Waals surface area (Å²) in [6.45, 7) is 34.0. The second-order valence-electron chi connectivity index (χ2n) is 27.8. The summed E-state index contributed by atoms with van der Waals surface area (Å²) in [5.41, 5.74) is 20.2. The lowest BCUT2D eigenvalue weighted by Crippen LogP contribution is -2.59. The number of thiophene rings is 3. The number of aromatic nitrogens is 1. The fraction of sp³-hybridized carbons (Fsp3) is 0.353. The minimum Gasteiger partial charge on any atom is -0.376 e. The first-order valence-corrected chi connectivity index (χ1v) is 29.9. The van der Waals surface area contributed by atoms with Crippen LogP contribution in [0.1, 0.15) is 156 Å². The van der Waals surface area contributed by atoms with Crippen molar-refractivity contribution < 1.29 is 0 Å². The molecule has 2 aliphatic heterocycles. The summed E-state index contributed by atoms with van der Waals surface area (Å²) in [7, 11) is 0. The third kappa shape index (κ3) is 6.00. The molecule has 0 fully saturated rings. The topological polar surface area (TPSA) is 8.17 Å². The highest BCUT2D eigenvalue weighted by Gasteiger charge is 2.49. The molecule has 4 aliphatic rings. The standard InChI is InChI=1S/C68H67BN2S3/c1-63(2,3)36-19-22-38(23-20-36)71-50-32-41-40-30-45-48(68(13,14)28-26-65(45,7)8)35-54(40)72-53(41)33-43(50)55-56-39-17-15-16-18-51(39)73-61(56)57-42-31-46-47(67(11,12)27-25-66(46,9)10)34-49(42)70-59-44-29-37(64(4,5)6)21-24-52(44)74-62(59)69(71)58(55)60(57)70/h15-24,29-35H,25-28H2,1-14H3. The Balaban J connectivity index is 1.17. The van der Waals surface area contributed by atoms with Gasteiger partial charge in [-0.1, -0.05) is 133 Å². The smallest absolute Gasteiger partial charge is 0.343 e. The summed E-state index contributed by atoms with van der Waals surface area (Å²) >= 11 is 6.07. The predicted octanol–water partition coefficient (Wildman–Crippen LogP) is 19.3. The van der Waals surface area contributed by atoms with E-state index in [2.05, 4.69) is 209 Å². The second kappa shape index (κ2) is 14.3. The van der Waals surface area contributed by atoms with E-state index in [0.717, 1.165) is 0 Å². The van der Waals surface area contributed by atoms with Crippen LogP contribution in [0.5, 0.6) is 0 Å². The second-order valence-corrected chi connectivity index (χ2v) is 31.0. The van der Waals surface area contributed by atoms with Crippen LogP contribution in [0.3, 0.4) is 0 Å². The Bertz CT molecular complexity index is 4340. The van der Waals surface area contributed by atoms with Gasteiger partial charge in [-0.05, 0) is 169 Å². The normalized spacial score (nSPS) is 18.3. The van der Waals surface area contributed by atoms with Gasteiger partial charge in [0.1, 0.15) is 0 Å². The summed E-state index contributed by atoms with van der Waals surface area (Å²) < 4.78 is 11.2. The summed E-state index contributed by atoms with van der Waals surface area (Å²) in [6, 6.07) is 42.4. The molecule has 0 atom stereocenters. The van der Waals surface area contributed by atoms with E-state index in [1.165, 1.54) is 170 Å². The molecule has 0 amide bonds. The lowest BCUT2D eigenvalue weighted by atomic mass is 9.47. The van der Waals surface area contributed by atoms with Gasteiger partial charge in [-0.2, -0.15) is 0 Å². The van der Waals surface area contributed by atoms with Crippen molar-refractivity contribution >= 4 is 135 Å². The van der Waals surface area contributed by atoms with E-state index < -0.39 is 0 Å². The van der Waals surface area contributed by atoms with E-state index in [9.17, 15) is 0 Å². The minimum atomic E-state index is -0.0665. The molecule has 2 nitrogen and oxygen atoms in total. The zero-order valence-electron chi connectivity index (χ0n) is 45.8. The van der Waals surface area contributed by atoms with Gasteiger partial charge in [0, 0.05) is 82.9 Å². The first-order valence-electron chi connectivity index (χ1n) is 27.4. The fourth-order valence-electron chi connectivity index (χ4n) is 14.5. The lowest BCUT2D eigenvalue weighted by molar-refractivity contribution is 0.332. The number of hydrogen-bond acceptors (Lipinski definition) is 4. The third-order valence-corrected chi connectivity index (χ3v) is 22.7. The van der Waals surface area contributed by atoms with Crippen LogP contribution in [-0.4, -0.2) is 11.4 Å². The van der Waals surface area contributed by atoms with Gasteiger partial charge in [0.25, 0.3) is 0 Å². The summed E-state index contributed by atoms with van der Waals surface area (Å²) in [5, 5.41) is 9.80. The molecule has 6 heterocycles. The van der Waals surface area contributed by atoms with Gasteiger partial charge < -0.3 is 9.38 Å². The molecular formula is C68H67BN2S3. The zero-order valence-corrected chi connectivity index (χ0v) is 48.3. The Morgan fingerprint density at radius 2 is 1.05 bits per heavy atom. The van der Waals surface area contributed by atoms with Gasteiger partial charge in [0.2, 0.25) is 0 Å². The van der Waals surface area contributed by atoms with Crippen LogP contribution in [0.25, 0.3) is 89.1 Å². The Morgan fingerprint density at radius 3 is 1.72 bits per heavy atom. The van der Waals surface area contributed by atoms with Crippen molar-refractivity contribution in [2.75, 3.05) is 4.81 Å². The van der Waals surface area contributed by atoms with Crippen molar-refractivity contribution in [1.29, 1.82) is 0 Å². The molecule has 2 aliphatic carbocycles. The first kappa shape index (κ1) is 46.0. The maximum absolute atomic E-state index is 2.82. The molecular weight excluding hydrogens is 952 g/mol. The number of rotatable bonds is 1. The number of fused-ring (bicyclic) bond motifs is 20. The number of nitrogens with zero attached hydrogens (tertiary/aromatic N) is 2. The monoisotopic (exact) mass is 1020 g/mol. The average molecular weight is 1020 g/mol. The molecule has 0 unspecified atom stereocenters. The lowest BCUT2D eigenvalue weighted by Gasteiger charge is -2.42. The molecule has 4 aromatic heterocycles. The van der Waals surface area contributed by atoms with Crippen LogP contribution in [-0.2, 0) is 32.5 Å². The zero-order chi connectivity index (χ0) is 51.3. The van der Waals surface area contributed by atoms with Crippen molar-refractivity contribution in [1.82, 2.24) is 4.57 Å². The highest BCUT2D eigenvalue weighted by molar-refractivity contribution is 7.32. The average Bonchev–Trinajstić information content (AvgIpc) is 4.11. The van der Waals surface area contributed by atoms with Gasteiger partial charge in [-0.3, -0.25) is 0 Å². The molecule has 0 saturated carbocycles. The third-order valence-electron chi connectivity index (χ3n) is 19.2. The molecule has 74 heavy (non-hydrogen) atoms. The van der Waals surface area contributed by atoms with Crippen LogP contribution in [0.2, 0.25) is 0 Å². The van der Waals surface area contributed by atoms with Gasteiger partial charge in [0.05, 0.1) is 16.7 Å². The van der Waals surface area contributed by atoms with Crippen molar-refractivity contribution in [3.63, 3.8) is 0 Å². The van der Waals surface area contributed by atoms with Crippen LogP contribution < -0.4 is 15.1 Å². The number of anilines is 2. The molecule has 7 aromatic carbocycles. The Kier molecular flexibility index (Phi) is 8.91. The van der Waals surface area contributed by atoms with E-state index in [1.54, 1.807) is 0 Å². The summed E-state index contributed by atoms with van der Waals surface area (Å²) in [6.07, 6.45) is 4.79. The molecule has 370 valence electrons. The fourth-order valence-corrected chi connectivity index (χ4v) is 18.2. The van der Waals surface area contributed by atoms with Crippen LogP contribution in [0.15, 0.2) is 103 Å². The van der Waals surface area contributed by atoms with Crippen molar-refractivity contribution in [2.45, 2.75) is 155 Å². The van der Waals surface area contributed by atoms with Crippen LogP contribution in [0, 0.1) is 0 Å². The highest BCUT2D eigenvalue weighted by atomic mass is 32.1. The minimum absolute atomic E-state index is 0.00173. The van der Waals surface area contributed by atoms with Crippen LogP contribution in [0.4, 0.5) is 11.4 Å². The first-order chi connectivity index (χ1) is 34.9. The molecule has 0 bridgehead atoms. The molecule has 0 spiro atoms. The summed E-state index contributed by atoms with van der Waals surface area (Å²) in [4.78, 5) is 2.82. The maximum Gasteiger partial charge on any atom is 0.343 e. The number of benzene rings is 7. The van der Waals surface area contributed by atoms with E-state index in [0.29, 0.717) is 0 Å². The number of hydrogen-bond donors (Lipinski definition) is 0. The Labute approximate surface area is 449 Å². The van der Waals surface area contributed by atoms with Gasteiger partial charge in [-0.25, -0.2) is 0 Å². The molecule has 0 N–H and O–H groups in total. The van der Waals surface area contributed by atoms with Gasteiger partial charge in [0.15, 0.2) is 0 Å². The van der Waals surface area contributed by atoms with Crippen molar-refractivity contribution in [3.05, 3.63) is 137 Å². The highest BCUT2D eigenvalue weighted by Crippen LogP contribution is 2.58. The SMILES string of the molecule is CC(C)(C)c1ccc(N2B3c4sc5ccc(C(C)(C)C)cc5c4-n4c5cc6c(cc5c5c7sc8ccccc8c7c(c3c54)-c3cc4sc5cc7c(cc5c4cc32)C(C)(C)CCC7(C)C)C(C)(C)CCC6(C)C)cc1. The van der Waals surface area contributed by atoms with Crippen molar-refractivity contribution in [2.24, 2.45) is 0 Å². The molecule has 11 aromatic rings. The molecule has 6 heteroatoms. The quantitative estimate of drug-likeness (QED) is 0.149. The van der Waals surface area contributed by atoms with Crippen LogP contribution >= 0.6 is 34.0 Å². The Hall–Kier alpha value is -5.40. The van der Waals surface area contributed by atoms with E-state index in [1.807, 2.05) is 34.0 Å². The summed E-state index contributed by atoms with van der Waals surface area (Å²) in [5.74, 6) is 0. The van der Waals surface area contributed by atoms with E-state index >= 15 is 0 Å². The maximum atomic E-state index is 2.82. The predicted molar refractivity (Wildman–Crippen MR) is 329 cm³/mol. The Morgan fingerprint density at radius 1 is 0.486 bits per heavy atom. The van der Waals surface area contributed by atoms with E-state index in [4.69, 9.17) is 0 Å². The largest absolute Gasteiger partial charge is 0.376 e. The molecule has 15 rings (SSSR count).